The van der Waals surface area contributed by atoms with Gasteiger partial charge in [0.1, 0.15) is 5.00 Å². The number of carbonyl (C=O) groups is 2. The number of carbonyl (C=O) groups excluding carboxylic acids is 2. The molecule has 2 rings (SSSR count). The Balaban J connectivity index is 2.24. The molecule has 0 aliphatic heterocycles. The van der Waals surface area contributed by atoms with Crippen LogP contribution in [0.15, 0.2) is 0 Å². The lowest BCUT2D eigenvalue weighted by atomic mass is 10.0. The van der Waals surface area contributed by atoms with Crippen molar-refractivity contribution in [3.63, 3.8) is 0 Å². The Morgan fingerprint density at radius 3 is 2.04 bits per heavy atom. The van der Waals surface area contributed by atoms with Crippen LogP contribution in [0.4, 0.5) is 5.00 Å². The molecule has 1 fully saturated rings. The summed E-state index contributed by atoms with van der Waals surface area (Å²) in [5.74, 6) is -0.0920. The maximum atomic E-state index is 12.8. The average molecular weight is 365 g/mol. The highest BCUT2D eigenvalue weighted by atomic mass is 32.1. The lowest BCUT2D eigenvalue weighted by molar-refractivity contribution is -0.118. The molecule has 0 aromatic carbocycles. The molecule has 2 amide bonds. The molecule has 0 atom stereocenters. The Bertz CT molecular complexity index is 670. The van der Waals surface area contributed by atoms with E-state index in [1.165, 1.54) is 11.3 Å². The second-order valence-electron chi connectivity index (χ2n) is 8.34. The maximum Gasteiger partial charge on any atom is 0.254 e. The van der Waals surface area contributed by atoms with Crippen LogP contribution in [0.5, 0.6) is 0 Å². The fourth-order valence-electron chi connectivity index (χ4n) is 3.77. The Morgan fingerprint density at radius 1 is 1.08 bits per heavy atom. The quantitative estimate of drug-likeness (QED) is 0.754. The monoisotopic (exact) mass is 364 g/mol. The number of amides is 2. The van der Waals surface area contributed by atoms with Crippen LogP contribution >= 0.6 is 11.3 Å². The van der Waals surface area contributed by atoms with Gasteiger partial charge in [-0.05, 0) is 43.1 Å². The summed E-state index contributed by atoms with van der Waals surface area (Å²) in [6.07, 6.45) is 1.80. The third kappa shape index (κ3) is 3.35. The number of thiophene rings is 1. The van der Waals surface area contributed by atoms with Gasteiger partial charge in [-0.1, -0.05) is 41.5 Å². The molecule has 25 heavy (non-hydrogen) atoms. The predicted molar refractivity (Wildman–Crippen MR) is 105 cm³/mol. The average Bonchev–Trinajstić information content (AvgIpc) is 2.76. The van der Waals surface area contributed by atoms with Gasteiger partial charge in [0.2, 0.25) is 5.91 Å². The van der Waals surface area contributed by atoms with Crippen LogP contribution in [0.1, 0.15) is 75.2 Å². The number of hydrogen-bond donors (Lipinski definition) is 2. The Morgan fingerprint density at radius 2 is 1.60 bits per heavy atom. The molecule has 2 N–H and O–H groups in total. The Hall–Kier alpha value is -1.36. The highest BCUT2D eigenvalue weighted by Crippen LogP contribution is 2.68. The molecule has 4 nitrogen and oxygen atoms in total. The van der Waals surface area contributed by atoms with Crippen LogP contribution in [-0.4, -0.2) is 17.9 Å². The minimum absolute atomic E-state index is 0.0175. The van der Waals surface area contributed by atoms with E-state index >= 15 is 0 Å². The van der Waals surface area contributed by atoms with E-state index in [0.717, 1.165) is 23.3 Å². The Kier molecular flexibility index (Phi) is 5.39. The van der Waals surface area contributed by atoms with E-state index in [9.17, 15) is 9.59 Å². The maximum absolute atomic E-state index is 12.8. The summed E-state index contributed by atoms with van der Waals surface area (Å²) in [4.78, 5) is 26.7. The molecule has 1 saturated carbocycles. The molecule has 0 saturated heterocycles. The van der Waals surface area contributed by atoms with Crippen molar-refractivity contribution >= 4 is 28.2 Å². The second-order valence-corrected chi connectivity index (χ2v) is 9.56. The summed E-state index contributed by atoms with van der Waals surface area (Å²) in [6.45, 7) is 16.6. The molecule has 1 aromatic rings. The zero-order valence-electron chi connectivity index (χ0n) is 16.8. The molecular formula is C20H32N2O2S. The van der Waals surface area contributed by atoms with Crippen molar-refractivity contribution in [3.8, 4) is 0 Å². The molecule has 0 spiro atoms. The first-order valence-electron chi connectivity index (χ1n) is 9.20. The first-order valence-corrected chi connectivity index (χ1v) is 10.0. The first-order chi connectivity index (χ1) is 11.5. The molecule has 140 valence electrons. The summed E-state index contributed by atoms with van der Waals surface area (Å²) >= 11 is 1.49. The standard InChI is InChI=1S/C20H32N2O2S/c1-9-13(10-2)21-16(23)14-11(3)12(4)25-18(14)22-17(24)15-19(5,6)20(15,7)8/h13,15H,9-10H2,1-8H3,(H,21,23)(H,22,24). The van der Waals surface area contributed by atoms with Crippen molar-refractivity contribution in [3.05, 3.63) is 16.0 Å². The van der Waals surface area contributed by atoms with Gasteiger partial charge in [-0.3, -0.25) is 9.59 Å². The minimum Gasteiger partial charge on any atom is -0.349 e. The summed E-state index contributed by atoms with van der Waals surface area (Å²) in [7, 11) is 0. The largest absolute Gasteiger partial charge is 0.349 e. The van der Waals surface area contributed by atoms with E-state index in [2.05, 4.69) is 52.2 Å². The highest BCUT2D eigenvalue weighted by Gasteiger charge is 2.68. The molecule has 1 aliphatic carbocycles. The van der Waals surface area contributed by atoms with Gasteiger partial charge in [-0.15, -0.1) is 11.3 Å². The molecule has 1 aliphatic rings. The van der Waals surface area contributed by atoms with Gasteiger partial charge < -0.3 is 10.6 Å². The van der Waals surface area contributed by atoms with Gasteiger partial charge in [0.25, 0.3) is 5.91 Å². The smallest absolute Gasteiger partial charge is 0.254 e. The first kappa shape index (κ1) is 20.0. The van der Waals surface area contributed by atoms with Crippen molar-refractivity contribution < 1.29 is 9.59 Å². The van der Waals surface area contributed by atoms with Crippen LogP contribution in [0.3, 0.4) is 0 Å². The van der Waals surface area contributed by atoms with Crippen LogP contribution in [-0.2, 0) is 4.79 Å². The number of nitrogens with one attached hydrogen (secondary N) is 2. The molecule has 0 unspecified atom stereocenters. The number of rotatable bonds is 6. The van der Waals surface area contributed by atoms with Crippen molar-refractivity contribution in [1.29, 1.82) is 0 Å². The minimum atomic E-state index is -0.0832. The van der Waals surface area contributed by atoms with Crippen LogP contribution < -0.4 is 10.6 Å². The predicted octanol–water partition coefficient (Wildman–Crippen LogP) is 4.90. The summed E-state index contributed by atoms with van der Waals surface area (Å²) < 4.78 is 0. The summed E-state index contributed by atoms with van der Waals surface area (Å²) in [5.41, 5.74) is 1.55. The van der Waals surface area contributed by atoms with Gasteiger partial charge in [0, 0.05) is 16.8 Å². The zero-order chi connectivity index (χ0) is 19.2. The fraction of sp³-hybridized carbons (Fsp3) is 0.700. The van der Waals surface area contributed by atoms with E-state index in [1.54, 1.807) is 0 Å². The van der Waals surface area contributed by atoms with Crippen LogP contribution in [0.25, 0.3) is 0 Å². The molecule has 0 bridgehead atoms. The number of aryl methyl sites for hydroxylation is 1. The topological polar surface area (TPSA) is 58.2 Å². The normalized spacial score (nSPS) is 18.3. The molecule has 5 heteroatoms. The zero-order valence-corrected chi connectivity index (χ0v) is 17.6. The van der Waals surface area contributed by atoms with Crippen molar-refractivity contribution in [2.75, 3.05) is 5.32 Å². The molecule has 1 heterocycles. The molecule has 1 aromatic heterocycles. The summed E-state index contributed by atoms with van der Waals surface area (Å²) in [6, 6.07) is 0.164. The number of hydrogen-bond acceptors (Lipinski definition) is 3. The number of anilines is 1. The fourth-order valence-corrected chi connectivity index (χ4v) is 4.84. The van der Waals surface area contributed by atoms with Crippen molar-refractivity contribution in [1.82, 2.24) is 5.32 Å². The van der Waals surface area contributed by atoms with Gasteiger partial charge in [0.05, 0.1) is 5.56 Å². The van der Waals surface area contributed by atoms with Gasteiger partial charge in [0.15, 0.2) is 0 Å². The van der Waals surface area contributed by atoms with Gasteiger partial charge in [-0.25, -0.2) is 0 Å². The van der Waals surface area contributed by atoms with Crippen molar-refractivity contribution in [2.45, 2.75) is 74.3 Å². The molecule has 0 radical (unpaired) electrons. The Labute approximate surface area is 155 Å². The third-order valence-electron chi connectivity index (χ3n) is 6.45. The van der Waals surface area contributed by atoms with E-state index in [4.69, 9.17) is 0 Å². The third-order valence-corrected chi connectivity index (χ3v) is 7.58. The lowest BCUT2D eigenvalue weighted by Crippen LogP contribution is -2.34. The van der Waals surface area contributed by atoms with Gasteiger partial charge in [-0.2, -0.15) is 0 Å². The van der Waals surface area contributed by atoms with Crippen LogP contribution in [0.2, 0.25) is 0 Å². The second kappa shape index (κ2) is 6.75. The lowest BCUT2D eigenvalue weighted by Gasteiger charge is -2.16. The molecular weight excluding hydrogens is 332 g/mol. The van der Waals surface area contributed by atoms with E-state index in [0.29, 0.717) is 10.6 Å². The van der Waals surface area contributed by atoms with E-state index in [1.807, 2.05) is 13.8 Å². The SMILES string of the molecule is CCC(CC)NC(=O)c1c(NC(=O)C2C(C)(C)C2(C)C)sc(C)c1C. The van der Waals surface area contributed by atoms with Crippen molar-refractivity contribution in [2.24, 2.45) is 16.7 Å². The van der Waals surface area contributed by atoms with E-state index < -0.39 is 0 Å². The van der Waals surface area contributed by atoms with E-state index in [-0.39, 0.29) is 34.6 Å². The summed E-state index contributed by atoms with van der Waals surface area (Å²) in [5, 5.41) is 6.83. The van der Waals surface area contributed by atoms with Gasteiger partial charge >= 0.3 is 0 Å². The van der Waals surface area contributed by atoms with Crippen LogP contribution in [0, 0.1) is 30.6 Å². The highest BCUT2D eigenvalue weighted by molar-refractivity contribution is 7.16.